The van der Waals surface area contributed by atoms with Gasteiger partial charge < -0.3 is 5.11 Å². The standard InChI is InChI=1S/C7H14BrClO3S/c1-6(2,3)5(10)7(8,9)13(4,11)12/h5,10H,1-4H3/t5-,7+/m1/s1. The minimum absolute atomic E-state index is 0.603. The zero-order chi connectivity index (χ0) is 11.1. The van der Waals surface area contributed by atoms with E-state index in [1.54, 1.807) is 20.8 Å². The largest absolute Gasteiger partial charge is 0.389 e. The van der Waals surface area contributed by atoms with E-state index in [9.17, 15) is 13.5 Å². The summed E-state index contributed by atoms with van der Waals surface area (Å²) in [6, 6.07) is 0. The van der Waals surface area contributed by atoms with Gasteiger partial charge in [0.05, 0.1) is 0 Å². The molecule has 0 aliphatic rings. The minimum atomic E-state index is -3.55. The average molecular weight is 294 g/mol. The molecule has 0 fully saturated rings. The lowest BCUT2D eigenvalue weighted by molar-refractivity contribution is 0.0693. The van der Waals surface area contributed by atoms with Crippen LogP contribution >= 0.6 is 27.5 Å². The molecule has 6 heteroatoms. The Morgan fingerprint density at radius 1 is 1.38 bits per heavy atom. The van der Waals surface area contributed by atoms with Crippen LogP contribution in [0.25, 0.3) is 0 Å². The van der Waals surface area contributed by atoms with Crippen LogP contribution in [0.1, 0.15) is 20.8 Å². The highest BCUT2D eigenvalue weighted by Crippen LogP contribution is 2.41. The Bertz CT molecular complexity index is 279. The molecule has 0 unspecified atom stereocenters. The lowest BCUT2D eigenvalue weighted by Crippen LogP contribution is -2.45. The number of rotatable bonds is 2. The number of alkyl halides is 2. The van der Waals surface area contributed by atoms with E-state index in [1.807, 2.05) is 0 Å². The molecule has 0 saturated carbocycles. The van der Waals surface area contributed by atoms with Crippen LogP contribution in [0, 0.1) is 5.41 Å². The van der Waals surface area contributed by atoms with Gasteiger partial charge >= 0.3 is 0 Å². The monoisotopic (exact) mass is 292 g/mol. The zero-order valence-electron chi connectivity index (χ0n) is 8.01. The van der Waals surface area contributed by atoms with Crippen molar-refractivity contribution >= 4 is 37.4 Å². The highest BCUT2D eigenvalue weighted by molar-refractivity contribution is 9.12. The van der Waals surface area contributed by atoms with Gasteiger partial charge in [-0.15, -0.1) is 0 Å². The van der Waals surface area contributed by atoms with E-state index in [4.69, 9.17) is 11.6 Å². The minimum Gasteiger partial charge on any atom is -0.389 e. The molecule has 0 aliphatic heterocycles. The van der Waals surface area contributed by atoms with Crippen LogP contribution in [0.4, 0.5) is 0 Å². The van der Waals surface area contributed by atoms with E-state index in [2.05, 4.69) is 15.9 Å². The fourth-order valence-electron chi connectivity index (χ4n) is 0.707. The molecule has 0 saturated heterocycles. The molecule has 0 amide bonds. The van der Waals surface area contributed by atoms with E-state index in [0.717, 1.165) is 6.26 Å². The van der Waals surface area contributed by atoms with Crippen LogP contribution in [0.2, 0.25) is 0 Å². The van der Waals surface area contributed by atoms with Gasteiger partial charge in [0.15, 0.2) is 9.84 Å². The van der Waals surface area contributed by atoms with Crippen LogP contribution in [0.15, 0.2) is 0 Å². The van der Waals surface area contributed by atoms with E-state index >= 15 is 0 Å². The summed E-state index contributed by atoms with van der Waals surface area (Å²) >= 11 is 8.56. The van der Waals surface area contributed by atoms with Gasteiger partial charge in [0.1, 0.15) is 6.10 Å². The molecule has 0 rings (SSSR count). The lowest BCUT2D eigenvalue weighted by Gasteiger charge is -2.34. The summed E-state index contributed by atoms with van der Waals surface area (Å²) in [6.45, 7) is 5.13. The third-order valence-electron chi connectivity index (χ3n) is 1.63. The zero-order valence-corrected chi connectivity index (χ0v) is 11.2. The number of halogens is 2. The Morgan fingerprint density at radius 2 is 1.69 bits per heavy atom. The lowest BCUT2D eigenvalue weighted by atomic mass is 9.90. The summed E-state index contributed by atoms with van der Waals surface area (Å²) < 4.78 is 20.6. The number of aliphatic hydroxyl groups excluding tert-OH is 1. The van der Waals surface area contributed by atoms with Crippen LogP contribution in [0.5, 0.6) is 0 Å². The molecule has 0 aromatic carbocycles. The van der Waals surface area contributed by atoms with Gasteiger partial charge in [0.2, 0.25) is 3.12 Å². The Hall–Kier alpha value is 0.680. The summed E-state index contributed by atoms with van der Waals surface area (Å²) in [7, 11) is -3.55. The molecule has 0 radical (unpaired) electrons. The van der Waals surface area contributed by atoms with E-state index in [0.29, 0.717) is 0 Å². The van der Waals surface area contributed by atoms with E-state index < -0.39 is 24.5 Å². The quantitative estimate of drug-likeness (QED) is 0.789. The van der Waals surface area contributed by atoms with Crippen molar-refractivity contribution in [1.82, 2.24) is 0 Å². The summed E-state index contributed by atoms with van der Waals surface area (Å²) in [5.74, 6) is 0. The molecule has 0 heterocycles. The molecule has 80 valence electrons. The second-order valence-corrected chi connectivity index (χ2v) is 9.34. The molecule has 0 aliphatic carbocycles. The van der Waals surface area contributed by atoms with Gasteiger partial charge in [-0.2, -0.15) is 0 Å². The van der Waals surface area contributed by atoms with Crippen molar-refractivity contribution in [3.8, 4) is 0 Å². The third-order valence-corrected chi connectivity index (χ3v) is 6.09. The third kappa shape index (κ3) is 3.08. The first-order valence-corrected chi connectivity index (χ1v) is 6.72. The Kier molecular flexibility index (Phi) is 3.87. The first kappa shape index (κ1) is 13.7. The summed E-state index contributed by atoms with van der Waals surface area (Å²) in [6.07, 6.45) is -0.208. The Morgan fingerprint density at radius 3 is 1.77 bits per heavy atom. The maximum atomic E-state index is 11.2. The highest BCUT2D eigenvalue weighted by Gasteiger charge is 2.48. The molecular weight excluding hydrogens is 279 g/mol. The molecule has 13 heavy (non-hydrogen) atoms. The topological polar surface area (TPSA) is 54.4 Å². The fraction of sp³-hybridized carbons (Fsp3) is 1.00. The second-order valence-electron chi connectivity index (χ2n) is 4.10. The van der Waals surface area contributed by atoms with Crippen molar-refractivity contribution in [3.05, 3.63) is 0 Å². The van der Waals surface area contributed by atoms with Crippen molar-refractivity contribution in [2.45, 2.75) is 30.0 Å². The van der Waals surface area contributed by atoms with Crippen molar-refractivity contribution in [2.75, 3.05) is 6.26 Å². The van der Waals surface area contributed by atoms with Crippen molar-refractivity contribution in [2.24, 2.45) is 5.41 Å². The maximum absolute atomic E-state index is 11.2. The molecule has 0 aromatic rings. The van der Waals surface area contributed by atoms with Gasteiger partial charge in [-0.1, -0.05) is 32.4 Å². The molecular formula is C7H14BrClO3S. The molecule has 3 nitrogen and oxygen atoms in total. The van der Waals surface area contributed by atoms with Gasteiger partial charge in [-0.3, -0.25) is 0 Å². The van der Waals surface area contributed by atoms with Gasteiger partial charge in [0, 0.05) is 6.26 Å². The maximum Gasteiger partial charge on any atom is 0.225 e. The SMILES string of the molecule is CC(C)(C)[C@@H](O)[C@@](Cl)(Br)S(C)(=O)=O. The van der Waals surface area contributed by atoms with Crippen LogP contribution in [0.3, 0.4) is 0 Å². The number of sulfone groups is 1. The Balaban J connectivity index is 5.09. The average Bonchev–Trinajstić information content (AvgIpc) is 1.81. The molecule has 1 N–H and O–H groups in total. The van der Waals surface area contributed by atoms with E-state index in [1.165, 1.54) is 0 Å². The van der Waals surface area contributed by atoms with Gasteiger partial charge in [-0.05, 0) is 21.3 Å². The normalized spacial score (nSPS) is 20.8. The molecule has 0 bridgehead atoms. The summed E-state index contributed by atoms with van der Waals surface area (Å²) in [4.78, 5) is 0. The first-order chi connectivity index (χ1) is 5.40. The number of hydrogen-bond acceptors (Lipinski definition) is 3. The Labute approximate surface area is 92.5 Å². The van der Waals surface area contributed by atoms with Crippen molar-refractivity contribution < 1.29 is 13.5 Å². The predicted molar refractivity (Wildman–Crippen MR) is 57.8 cm³/mol. The highest BCUT2D eigenvalue weighted by atomic mass is 79.9. The van der Waals surface area contributed by atoms with Crippen LogP contribution in [-0.2, 0) is 9.84 Å². The molecule has 2 atom stereocenters. The number of hydrogen-bond donors (Lipinski definition) is 1. The van der Waals surface area contributed by atoms with Gasteiger partial charge in [0.25, 0.3) is 0 Å². The van der Waals surface area contributed by atoms with Crippen LogP contribution < -0.4 is 0 Å². The molecule has 0 aromatic heterocycles. The smallest absolute Gasteiger partial charge is 0.225 e. The first-order valence-electron chi connectivity index (χ1n) is 3.66. The number of aliphatic hydroxyl groups is 1. The van der Waals surface area contributed by atoms with Crippen molar-refractivity contribution in [1.29, 1.82) is 0 Å². The second kappa shape index (κ2) is 3.68. The summed E-state index contributed by atoms with van der Waals surface area (Å²) in [5.41, 5.74) is -0.603. The molecule has 0 spiro atoms. The fourth-order valence-corrected chi connectivity index (χ4v) is 2.48. The van der Waals surface area contributed by atoms with Gasteiger partial charge in [-0.25, -0.2) is 8.42 Å². The van der Waals surface area contributed by atoms with Crippen LogP contribution in [-0.4, -0.2) is 29.0 Å². The van der Waals surface area contributed by atoms with E-state index in [-0.39, 0.29) is 0 Å². The predicted octanol–water partition coefficient (Wildman–Crippen LogP) is 1.73. The summed E-state index contributed by atoms with van der Waals surface area (Å²) in [5, 5.41) is 9.69. The van der Waals surface area contributed by atoms with Crippen molar-refractivity contribution in [3.63, 3.8) is 0 Å².